The molecule has 0 spiro atoms. The van der Waals surface area contributed by atoms with Gasteiger partial charge in [0.05, 0.1) is 5.69 Å². The van der Waals surface area contributed by atoms with Gasteiger partial charge < -0.3 is 9.30 Å². The zero-order valence-electron chi connectivity index (χ0n) is 17.0. The maximum Gasteiger partial charge on any atom is 0.344 e. The van der Waals surface area contributed by atoms with Crippen LogP contribution in [0.5, 0.6) is 0 Å². The smallest absolute Gasteiger partial charge is 0.344 e. The number of fused-ring (bicyclic) bond motifs is 1. The Balaban J connectivity index is 1.73. The first kappa shape index (κ1) is 19.8. The van der Waals surface area contributed by atoms with Crippen molar-refractivity contribution >= 4 is 17.4 Å². The molecule has 0 aliphatic rings. The second kappa shape index (κ2) is 7.96. The number of ether oxygens (including phenoxy) is 1. The van der Waals surface area contributed by atoms with Crippen molar-refractivity contribution in [3.8, 4) is 0 Å². The molecule has 0 N–H and O–H groups in total. The molecule has 7 heteroatoms. The van der Waals surface area contributed by atoms with Crippen LogP contribution in [-0.4, -0.2) is 37.5 Å². The standard InChI is InChI=1S/C21H26N4O3/c1-13(2)7-10-24-14(3)11-17(16(24)5)18(26)12-28-21(27)19-15(4)23-25-9-6-8-22-20(19)25/h6,8-9,11,13H,7,10,12H2,1-5H3. The fourth-order valence-electron chi connectivity index (χ4n) is 3.33. The van der Waals surface area contributed by atoms with Crippen molar-refractivity contribution in [3.05, 3.63) is 52.7 Å². The van der Waals surface area contributed by atoms with E-state index in [9.17, 15) is 9.59 Å². The van der Waals surface area contributed by atoms with Gasteiger partial charge in [0.2, 0.25) is 5.78 Å². The van der Waals surface area contributed by atoms with Crippen molar-refractivity contribution in [2.24, 2.45) is 5.92 Å². The first-order valence-electron chi connectivity index (χ1n) is 9.46. The Labute approximate surface area is 164 Å². The number of carbonyl (C=O) groups is 2. The summed E-state index contributed by atoms with van der Waals surface area (Å²) in [6, 6.07) is 3.60. The van der Waals surface area contributed by atoms with Gasteiger partial charge in [0.1, 0.15) is 5.56 Å². The van der Waals surface area contributed by atoms with Crippen LogP contribution in [0.1, 0.15) is 58.1 Å². The van der Waals surface area contributed by atoms with Crippen LogP contribution in [0.25, 0.3) is 5.65 Å². The maximum atomic E-state index is 12.7. The average Bonchev–Trinajstić information content (AvgIpc) is 3.13. The van der Waals surface area contributed by atoms with E-state index in [2.05, 4.69) is 28.5 Å². The maximum absolute atomic E-state index is 12.7. The highest BCUT2D eigenvalue weighted by Crippen LogP contribution is 2.19. The molecule has 0 saturated heterocycles. The minimum absolute atomic E-state index is 0.209. The third-order valence-electron chi connectivity index (χ3n) is 4.91. The molecule has 0 radical (unpaired) electrons. The van der Waals surface area contributed by atoms with E-state index in [0.717, 1.165) is 24.4 Å². The predicted octanol–water partition coefficient (Wildman–Crippen LogP) is 3.54. The molecule has 0 fully saturated rings. The van der Waals surface area contributed by atoms with E-state index < -0.39 is 5.97 Å². The van der Waals surface area contributed by atoms with Gasteiger partial charge in [-0.3, -0.25) is 4.79 Å². The Bertz CT molecular complexity index is 1030. The third kappa shape index (κ3) is 3.83. The number of ketones is 1. The molecule has 0 unspecified atom stereocenters. The fraction of sp³-hybridized carbons (Fsp3) is 0.429. The van der Waals surface area contributed by atoms with Crippen LogP contribution < -0.4 is 0 Å². The van der Waals surface area contributed by atoms with Crippen LogP contribution in [0.4, 0.5) is 0 Å². The predicted molar refractivity (Wildman–Crippen MR) is 106 cm³/mol. The Morgan fingerprint density at radius 3 is 2.68 bits per heavy atom. The summed E-state index contributed by atoms with van der Waals surface area (Å²) in [6.45, 7) is 10.6. The summed E-state index contributed by atoms with van der Waals surface area (Å²) in [5.74, 6) is -0.212. The zero-order valence-corrected chi connectivity index (χ0v) is 17.0. The molecule has 148 valence electrons. The molecule has 0 amide bonds. The molecule has 0 bridgehead atoms. The quantitative estimate of drug-likeness (QED) is 0.461. The van der Waals surface area contributed by atoms with Crippen LogP contribution >= 0.6 is 0 Å². The minimum atomic E-state index is -0.590. The summed E-state index contributed by atoms with van der Waals surface area (Å²) in [4.78, 5) is 29.4. The monoisotopic (exact) mass is 382 g/mol. The highest BCUT2D eigenvalue weighted by molar-refractivity contribution is 6.02. The summed E-state index contributed by atoms with van der Waals surface area (Å²) in [7, 11) is 0. The van der Waals surface area contributed by atoms with Gasteiger partial charge in [-0.1, -0.05) is 13.8 Å². The summed E-state index contributed by atoms with van der Waals surface area (Å²) in [5, 5.41) is 4.25. The van der Waals surface area contributed by atoms with Crippen molar-refractivity contribution in [2.45, 2.75) is 47.6 Å². The molecule has 7 nitrogen and oxygen atoms in total. The van der Waals surface area contributed by atoms with Crippen LogP contribution in [0.15, 0.2) is 24.5 Å². The molecule has 0 saturated carbocycles. The molecule has 0 aliphatic heterocycles. The number of esters is 1. The van der Waals surface area contributed by atoms with E-state index in [1.807, 2.05) is 19.9 Å². The second-order valence-corrected chi connectivity index (χ2v) is 7.47. The molecule has 3 rings (SSSR count). The molecular formula is C21H26N4O3. The van der Waals surface area contributed by atoms with Gasteiger partial charge in [-0.2, -0.15) is 5.10 Å². The zero-order chi connectivity index (χ0) is 20.4. The number of rotatable bonds is 7. The molecule has 28 heavy (non-hydrogen) atoms. The molecule has 0 atom stereocenters. The van der Waals surface area contributed by atoms with Crippen LogP contribution in [0.2, 0.25) is 0 Å². The van der Waals surface area contributed by atoms with Gasteiger partial charge in [0.15, 0.2) is 12.3 Å². The summed E-state index contributed by atoms with van der Waals surface area (Å²) in [6.07, 6.45) is 4.34. The van der Waals surface area contributed by atoms with E-state index in [-0.39, 0.29) is 18.0 Å². The number of aromatic nitrogens is 4. The van der Waals surface area contributed by atoms with Gasteiger partial charge in [0.25, 0.3) is 0 Å². The second-order valence-electron chi connectivity index (χ2n) is 7.47. The molecular weight excluding hydrogens is 356 g/mol. The number of aryl methyl sites for hydroxylation is 2. The molecule has 3 aromatic heterocycles. The first-order chi connectivity index (χ1) is 13.3. The normalized spacial score (nSPS) is 11.4. The highest BCUT2D eigenvalue weighted by Gasteiger charge is 2.22. The van der Waals surface area contributed by atoms with E-state index in [1.54, 1.807) is 25.4 Å². The lowest BCUT2D eigenvalue weighted by molar-refractivity contribution is 0.0475. The first-order valence-corrected chi connectivity index (χ1v) is 9.46. The van der Waals surface area contributed by atoms with E-state index >= 15 is 0 Å². The number of Topliss-reactive ketones (excluding diaryl/α,β-unsaturated/α-hetero) is 1. The van der Waals surface area contributed by atoms with E-state index in [1.165, 1.54) is 4.52 Å². The molecule has 0 aromatic carbocycles. The molecule has 3 heterocycles. The van der Waals surface area contributed by atoms with Crippen molar-refractivity contribution in [2.75, 3.05) is 6.61 Å². The fourth-order valence-corrected chi connectivity index (χ4v) is 3.33. The SMILES string of the molecule is Cc1nn2cccnc2c1C(=O)OCC(=O)c1cc(C)n(CCC(C)C)c1C. The van der Waals surface area contributed by atoms with Crippen molar-refractivity contribution < 1.29 is 14.3 Å². The Morgan fingerprint density at radius 1 is 1.21 bits per heavy atom. The topological polar surface area (TPSA) is 78.5 Å². The lowest BCUT2D eigenvalue weighted by atomic mass is 10.1. The van der Waals surface area contributed by atoms with Gasteiger partial charge in [-0.05, 0) is 45.2 Å². The summed E-state index contributed by atoms with van der Waals surface area (Å²) < 4.78 is 8.97. The van der Waals surface area contributed by atoms with Crippen molar-refractivity contribution in [1.82, 2.24) is 19.2 Å². The number of hydrogen-bond acceptors (Lipinski definition) is 5. The Hall–Kier alpha value is -2.96. The Morgan fingerprint density at radius 2 is 1.96 bits per heavy atom. The van der Waals surface area contributed by atoms with Crippen LogP contribution in [0, 0.1) is 26.7 Å². The number of hydrogen-bond donors (Lipinski definition) is 0. The minimum Gasteiger partial charge on any atom is -0.454 e. The van der Waals surface area contributed by atoms with Gasteiger partial charge >= 0.3 is 5.97 Å². The Kier molecular flexibility index (Phi) is 5.63. The van der Waals surface area contributed by atoms with Crippen molar-refractivity contribution in [3.63, 3.8) is 0 Å². The van der Waals surface area contributed by atoms with E-state index in [0.29, 0.717) is 22.8 Å². The number of carbonyl (C=O) groups excluding carboxylic acids is 2. The van der Waals surface area contributed by atoms with Gasteiger partial charge in [0, 0.05) is 35.9 Å². The summed E-state index contributed by atoms with van der Waals surface area (Å²) in [5.41, 5.74) is 3.77. The van der Waals surface area contributed by atoms with E-state index in [4.69, 9.17) is 4.74 Å². The number of nitrogens with zero attached hydrogens (tertiary/aromatic N) is 4. The lowest BCUT2D eigenvalue weighted by Gasteiger charge is -2.11. The summed E-state index contributed by atoms with van der Waals surface area (Å²) >= 11 is 0. The average molecular weight is 382 g/mol. The largest absolute Gasteiger partial charge is 0.454 e. The highest BCUT2D eigenvalue weighted by atomic mass is 16.5. The van der Waals surface area contributed by atoms with Crippen molar-refractivity contribution in [1.29, 1.82) is 0 Å². The van der Waals surface area contributed by atoms with Crippen LogP contribution in [0.3, 0.4) is 0 Å². The van der Waals surface area contributed by atoms with Gasteiger partial charge in [-0.25, -0.2) is 14.3 Å². The molecule has 0 aliphatic carbocycles. The molecule has 3 aromatic rings. The lowest BCUT2D eigenvalue weighted by Crippen LogP contribution is -2.16. The van der Waals surface area contributed by atoms with Crippen LogP contribution in [-0.2, 0) is 11.3 Å². The third-order valence-corrected chi connectivity index (χ3v) is 4.91. The van der Waals surface area contributed by atoms with Gasteiger partial charge in [-0.15, -0.1) is 0 Å².